The Morgan fingerprint density at radius 1 is 1.35 bits per heavy atom. The highest BCUT2D eigenvalue weighted by molar-refractivity contribution is 6.35. The third-order valence-electron chi connectivity index (χ3n) is 4.05. The lowest BCUT2D eigenvalue weighted by Crippen LogP contribution is -2.25. The number of amides is 1. The van der Waals surface area contributed by atoms with E-state index in [1.54, 1.807) is 22.8 Å². The van der Waals surface area contributed by atoms with Crippen LogP contribution >= 0.6 is 11.6 Å². The summed E-state index contributed by atoms with van der Waals surface area (Å²) >= 11 is 6.23. The molecule has 0 unspecified atom stereocenters. The molecular formula is C15H17ClN4O3. The Kier molecular flexibility index (Phi) is 4.01. The van der Waals surface area contributed by atoms with Crippen LogP contribution < -0.4 is 11.5 Å². The number of halogens is 1. The van der Waals surface area contributed by atoms with Crippen LogP contribution in [0.2, 0.25) is 5.02 Å². The number of aliphatic imine (C=N–C) groups is 1. The number of carbonyl (C=O) groups excluding carboxylic acids is 1. The molecule has 1 aliphatic heterocycles. The molecule has 122 valence electrons. The van der Waals surface area contributed by atoms with E-state index in [2.05, 4.69) is 4.99 Å². The van der Waals surface area contributed by atoms with Crippen LogP contribution in [0, 0.1) is 0 Å². The summed E-state index contributed by atoms with van der Waals surface area (Å²) in [6, 6.07) is 4.91. The zero-order valence-corrected chi connectivity index (χ0v) is 13.0. The van der Waals surface area contributed by atoms with E-state index in [-0.39, 0.29) is 5.96 Å². The molecule has 3 rings (SSSR count). The summed E-state index contributed by atoms with van der Waals surface area (Å²) in [5.74, 6) is -0.889. The van der Waals surface area contributed by atoms with Crippen molar-refractivity contribution in [1.29, 1.82) is 0 Å². The molecule has 6 N–H and O–H groups in total. The third kappa shape index (κ3) is 2.67. The average Bonchev–Trinajstić information content (AvgIpc) is 2.86. The van der Waals surface area contributed by atoms with Crippen LogP contribution in [-0.4, -0.2) is 32.8 Å². The van der Waals surface area contributed by atoms with Gasteiger partial charge >= 0.3 is 0 Å². The van der Waals surface area contributed by atoms with Crippen molar-refractivity contribution in [2.24, 2.45) is 16.5 Å². The maximum Gasteiger partial charge on any atom is 0.296 e. The fourth-order valence-corrected chi connectivity index (χ4v) is 3.23. The lowest BCUT2D eigenvalue weighted by Gasteiger charge is -2.24. The fourth-order valence-electron chi connectivity index (χ4n) is 3.02. The van der Waals surface area contributed by atoms with Gasteiger partial charge in [-0.3, -0.25) is 4.79 Å². The van der Waals surface area contributed by atoms with Crippen molar-refractivity contribution in [1.82, 2.24) is 4.57 Å². The van der Waals surface area contributed by atoms with Crippen LogP contribution in [-0.2, 0) is 6.54 Å². The lowest BCUT2D eigenvalue weighted by atomic mass is 9.97. The Balaban J connectivity index is 2.30. The van der Waals surface area contributed by atoms with E-state index in [4.69, 9.17) is 23.1 Å². The second-order valence-corrected chi connectivity index (χ2v) is 5.98. The van der Waals surface area contributed by atoms with E-state index in [1.807, 2.05) is 0 Å². The zero-order chi connectivity index (χ0) is 16.7. The van der Waals surface area contributed by atoms with E-state index >= 15 is 0 Å². The molecule has 0 radical (unpaired) electrons. The van der Waals surface area contributed by atoms with Gasteiger partial charge in [0.25, 0.3) is 5.91 Å². The average molecular weight is 337 g/mol. The van der Waals surface area contributed by atoms with Crippen LogP contribution in [0.3, 0.4) is 0 Å². The molecule has 23 heavy (non-hydrogen) atoms. The largest absolute Gasteiger partial charge is 0.390 e. The first-order chi connectivity index (χ1) is 10.9. The maximum atomic E-state index is 12.3. The summed E-state index contributed by atoms with van der Waals surface area (Å²) in [6.07, 6.45) is -0.899. The Bertz CT molecular complexity index is 811. The number of aliphatic hydroxyl groups excluding tert-OH is 2. The van der Waals surface area contributed by atoms with Crippen LogP contribution in [0.1, 0.15) is 35.0 Å². The van der Waals surface area contributed by atoms with Gasteiger partial charge in [0.15, 0.2) is 5.96 Å². The number of hydrogen-bond donors (Lipinski definition) is 4. The monoisotopic (exact) mass is 336 g/mol. The predicted octanol–water partition coefficient (Wildman–Crippen LogP) is 0.896. The topological polar surface area (TPSA) is 127 Å². The molecule has 2 aromatic rings. The van der Waals surface area contributed by atoms with Gasteiger partial charge in [0.05, 0.1) is 11.6 Å². The summed E-state index contributed by atoms with van der Waals surface area (Å²) in [5, 5.41) is 21.5. The van der Waals surface area contributed by atoms with Crippen molar-refractivity contribution in [2.75, 3.05) is 0 Å². The highest BCUT2D eigenvalue weighted by Crippen LogP contribution is 2.36. The van der Waals surface area contributed by atoms with Crippen molar-refractivity contribution >= 4 is 34.4 Å². The number of carbonyl (C=O) groups is 1. The van der Waals surface area contributed by atoms with Crippen LogP contribution in [0.15, 0.2) is 23.2 Å². The van der Waals surface area contributed by atoms with Gasteiger partial charge in [0.2, 0.25) is 0 Å². The second-order valence-electron chi connectivity index (χ2n) is 5.58. The van der Waals surface area contributed by atoms with Crippen molar-refractivity contribution in [3.63, 3.8) is 0 Å². The van der Waals surface area contributed by atoms with E-state index in [1.165, 1.54) is 0 Å². The number of aliphatic hydroxyl groups is 2. The van der Waals surface area contributed by atoms with Crippen LogP contribution in [0.5, 0.6) is 0 Å². The highest BCUT2D eigenvalue weighted by atomic mass is 35.5. The first-order valence-corrected chi connectivity index (χ1v) is 7.59. The van der Waals surface area contributed by atoms with E-state index in [0.717, 1.165) is 0 Å². The number of benzene rings is 1. The molecule has 8 heteroatoms. The highest BCUT2D eigenvalue weighted by Gasteiger charge is 2.27. The zero-order valence-electron chi connectivity index (χ0n) is 12.2. The number of aryl methyl sites for hydroxylation is 1. The Morgan fingerprint density at radius 3 is 2.78 bits per heavy atom. The number of hydrogen-bond acceptors (Lipinski definition) is 3. The molecule has 0 aliphatic carbocycles. The van der Waals surface area contributed by atoms with Gasteiger partial charge in [-0.2, -0.15) is 4.99 Å². The molecule has 1 amide bonds. The summed E-state index contributed by atoms with van der Waals surface area (Å²) < 4.78 is 1.75. The van der Waals surface area contributed by atoms with Gasteiger partial charge in [-0.15, -0.1) is 0 Å². The number of aromatic nitrogens is 1. The summed E-state index contributed by atoms with van der Waals surface area (Å²) in [7, 11) is 0. The molecule has 0 bridgehead atoms. The normalized spacial score (nSPS) is 20.8. The van der Waals surface area contributed by atoms with Crippen molar-refractivity contribution in [3.8, 4) is 0 Å². The molecule has 7 nitrogen and oxygen atoms in total. The van der Waals surface area contributed by atoms with Gasteiger partial charge in [-0.05, 0) is 25.0 Å². The van der Waals surface area contributed by atoms with Crippen molar-refractivity contribution in [2.45, 2.75) is 31.6 Å². The van der Waals surface area contributed by atoms with E-state index in [9.17, 15) is 15.0 Å². The fraction of sp³-hybridized carbons (Fsp3) is 0.333. The molecule has 1 aromatic carbocycles. The van der Waals surface area contributed by atoms with Gasteiger partial charge in [-0.1, -0.05) is 17.7 Å². The van der Waals surface area contributed by atoms with Crippen LogP contribution in [0.4, 0.5) is 0 Å². The van der Waals surface area contributed by atoms with E-state index < -0.39 is 18.1 Å². The van der Waals surface area contributed by atoms with Gasteiger partial charge < -0.3 is 26.2 Å². The molecule has 1 aliphatic rings. The molecule has 0 fully saturated rings. The molecule has 0 saturated carbocycles. The minimum Gasteiger partial charge on any atom is -0.390 e. The SMILES string of the molecule is NC(N)=NC(=O)c1cc2c(Cl)ccc3c2n1CCC[C@@H](O)[C@H]3O. The maximum absolute atomic E-state index is 12.3. The molecular weight excluding hydrogens is 320 g/mol. The number of guanidine groups is 1. The molecule has 2 atom stereocenters. The Hall–Kier alpha value is -2.09. The standard InChI is InChI=1S/C15H17ClN4O3/c16-9-4-3-7-12-8(9)6-10(14(23)19-15(17)18)20(12)5-1-2-11(21)13(7)22/h3-4,6,11,13,21-22H,1-2,5H2,(H4,17,18,19,23)/t11-,13+/m1/s1. The Labute approximate surface area is 137 Å². The van der Waals surface area contributed by atoms with E-state index in [0.29, 0.717) is 46.6 Å². The number of nitrogens with zero attached hydrogens (tertiary/aromatic N) is 2. The minimum atomic E-state index is -1.05. The first-order valence-electron chi connectivity index (χ1n) is 7.22. The molecule has 1 aromatic heterocycles. The Morgan fingerprint density at radius 2 is 2.09 bits per heavy atom. The van der Waals surface area contributed by atoms with Crippen molar-refractivity contribution < 1.29 is 15.0 Å². The number of nitrogens with two attached hydrogens (primary N) is 2. The smallest absolute Gasteiger partial charge is 0.296 e. The van der Waals surface area contributed by atoms with Gasteiger partial charge in [0.1, 0.15) is 11.8 Å². The van der Waals surface area contributed by atoms with Crippen LogP contribution in [0.25, 0.3) is 10.9 Å². The molecule has 0 saturated heterocycles. The third-order valence-corrected chi connectivity index (χ3v) is 4.38. The lowest BCUT2D eigenvalue weighted by molar-refractivity contribution is 0.0110. The molecule has 0 spiro atoms. The second kappa shape index (κ2) is 5.84. The quantitative estimate of drug-likeness (QED) is 0.454. The summed E-state index contributed by atoms with van der Waals surface area (Å²) in [6.45, 7) is 0.488. The van der Waals surface area contributed by atoms with Gasteiger partial charge in [-0.25, -0.2) is 0 Å². The van der Waals surface area contributed by atoms with Gasteiger partial charge in [0, 0.05) is 22.5 Å². The number of rotatable bonds is 1. The van der Waals surface area contributed by atoms with Crippen molar-refractivity contribution in [3.05, 3.63) is 34.5 Å². The first kappa shape index (κ1) is 15.8. The predicted molar refractivity (Wildman–Crippen MR) is 87.3 cm³/mol. The summed E-state index contributed by atoms with van der Waals surface area (Å²) in [5.41, 5.74) is 12.0. The molecule has 2 heterocycles. The summed E-state index contributed by atoms with van der Waals surface area (Å²) in [4.78, 5) is 15.9. The minimum absolute atomic E-state index is 0.298.